The summed E-state index contributed by atoms with van der Waals surface area (Å²) >= 11 is 6.54. The highest BCUT2D eigenvalue weighted by atomic mass is 35.5. The average molecular weight is 910 g/mol. The Kier molecular flexibility index (Phi) is 12.6. The van der Waals surface area contributed by atoms with Crippen molar-refractivity contribution in [1.29, 1.82) is 0 Å². The Morgan fingerprint density at radius 2 is 1.61 bits per heavy atom. The summed E-state index contributed by atoms with van der Waals surface area (Å²) in [7, 11) is -0.880. The number of carbonyl (C=O) groups is 3. The molecule has 0 spiro atoms. The third-order valence-corrected chi connectivity index (χ3v) is 15.4. The molecule has 3 amide bonds. The quantitative estimate of drug-likeness (QED) is 0.100. The van der Waals surface area contributed by atoms with Gasteiger partial charge in [-0.2, -0.15) is 4.98 Å². The summed E-state index contributed by atoms with van der Waals surface area (Å²) < 4.78 is 25.4. The molecule has 3 saturated heterocycles. The first-order valence-corrected chi connectivity index (χ1v) is 25.4. The van der Waals surface area contributed by atoms with Gasteiger partial charge in [0.15, 0.2) is 5.82 Å². The summed E-state index contributed by atoms with van der Waals surface area (Å²) in [5, 5.41) is 10.1. The molecule has 0 bridgehead atoms. The van der Waals surface area contributed by atoms with E-state index in [1.165, 1.54) is 11.3 Å². The molecule has 15 nitrogen and oxygen atoms in total. The highest BCUT2D eigenvalue weighted by molar-refractivity contribution is 7.70. The number of fused-ring (bicyclic) bond motifs is 1. The van der Waals surface area contributed by atoms with Crippen molar-refractivity contribution in [1.82, 2.24) is 30.0 Å². The molecule has 17 heteroatoms. The SMILES string of the molecule is CCc1cc(Nc2ncc(Cl)c(Nc3ccccc3P(C)(C)=O)n2)c(OC)cc1N1CCC(N2CCN([C@H]3C[C@@H](Oc4cccc5c4CN([C@H]4CCC(=O)NC4=O)C5=O)C3)CC2)CC1. The summed E-state index contributed by atoms with van der Waals surface area (Å²) in [6, 6.07) is 17.7. The molecular weight excluding hydrogens is 853 g/mol. The molecule has 4 aromatic rings. The second-order valence-corrected chi connectivity index (χ2v) is 21.5. The number of piperidine rings is 2. The second kappa shape index (κ2) is 18.3. The number of methoxy groups -OCH3 is 1. The molecular formula is C47H57ClN9O6P. The third-order valence-electron chi connectivity index (χ3n) is 13.6. The summed E-state index contributed by atoms with van der Waals surface area (Å²) in [6.45, 7) is 12.1. The lowest BCUT2D eigenvalue weighted by molar-refractivity contribution is -0.136. The van der Waals surface area contributed by atoms with Gasteiger partial charge in [0.05, 0.1) is 31.2 Å². The zero-order valence-electron chi connectivity index (χ0n) is 36.9. The Labute approximate surface area is 379 Å². The minimum atomic E-state index is -2.56. The van der Waals surface area contributed by atoms with Gasteiger partial charge in [-0.25, -0.2) is 4.98 Å². The van der Waals surface area contributed by atoms with Crippen LogP contribution >= 0.6 is 18.7 Å². The number of nitrogens with zero attached hydrogens (tertiary/aromatic N) is 6. The van der Waals surface area contributed by atoms with Gasteiger partial charge in [0.2, 0.25) is 17.8 Å². The number of para-hydroxylation sites is 1. The maximum Gasteiger partial charge on any atom is 0.255 e. The minimum Gasteiger partial charge on any atom is -0.494 e. The molecule has 0 radical (unpaired) electrons. The number of imide groups is 1. The van der Waals surface area contributed by atoms with Crippen LogP contribution in [0, 0.1) is 0 Å². The molecule has 1 saturated carbocycles. The second-order valence-electron chi connectivity index (χ2n) is 17.9. The number of hydrogen-bond acceptors (Lipinski definition) is 13. The van der Waals surface area contributed by atoms with Crippen LogP contribution in [0.4, 0.5) is 28.8 Å². The fourth-order valence-electron chi connectivity index (χ4n) is 9.99. The van der Waals surface area contributed by atoms with Crippen LogP contribution in [0.5, 0.6) is 11.5 Å². The minimum absolute atomic E-state index is 0.0876. The van der Waals surface area contributed by atoms with Crippen LogP contribution in [-0.2, 0) is 27.1 Å². The Morgan fingerprint density at radius 1 is 0.875 bits per heavy atom. The van der Waals surface area contributed by atoms with E-state index in [2.05, 4.69) is 54.7 Å². The lowest BCUT2D eigenvalue weighted by Gasteiger charge is -2.48. The fraction of sp³-hybridized carbons (Fsp3) is 0.468. The number of anilines is 5. The molecule has 1 aromatic heterocycles. The smallest absolute Gasteiger partial charge is 0.255 e. The van der Waals surface area contributed by atoms with Crippen molar-refractivity contribution in [3.63, 3.8) is 0 Å². The van der Waals surface area contributed by atoms with Gasteiger partial charge < -0.3 is 34.5 Å². The summed E-state index contributed by atoms with van der Waals surface area (Å²) in [5.74, 6) is 1.31. The Balaban J connectivity index is 0.760. The first kappa shape index (κ1) is 44.0. The first-order chi connectivity index (χ1) is 30.9. The molecule has 1 aliphatic carbocycles. The summed E-state index contributed by atoms with van der Waals surface area (Å²) in [5.41, 5.74) is 5.26. The number of ether oxygens (including phenoxy) is 2. The van der Waals surface area contributed by atoms with Gasteiger partial charge in [-0.05, 0) is 74.9 Å². The number of hydrogen-bond donors (Lipinski definition) is 3. The lowest BCUT2D eigenvalue weighted by atomic mass is 9.87. The molecule has 4 aliphatic heterocycles. The monoisotopic (exact) mass is 909 g/mol. The predicted octanol–water partition coefficient (Wildman–Crippen LogP) is 6.39. The maximum absolute atomic E-state index is 13.3. The number of benzene rings is 3. The van der Waals surface area contributed by atoms with Crippen molar-refractivity contribution in [2.75, 3.05) is 75.2 Å². The normalized spacial score (nSPS) is 22.2. The standard InChI is InChI=1S/C47H57ClN9O6P/c1-5-29-23-37(51-47-49-27-35(48)44(53-47)50-36-10-6-7-12-42(36)64(3,4)61)41(62-2)26-39(29)56-17-15-30(16-18-56)54-19-21-55(22-20-54)31-24-32(25-31)63-40-11-8-9-33-34(40)28-57(46(33)60)38-13-14-43(58)52-45(38)59/h6-12,23,26-27,30-32,38H,5,13-22,24-25,28H2,1-4H3,(H,52,58,59)(H2,49,50,51,53)/t31-,32+,38-/m0/s1. The van der Waals surface area contributed by atoms with Gasteiger partial charge in [-0.1, -0.05) is 36.7 Å². The van der Waals surface area contributed by atoms with Crippen molar-refractivity contribution in [3.05, 3.63) is 82.5 Å². The van der Waals surface area contributed by atoms with Gasteiger partial charge in [0.1, 0.15) is 35.8 Å². The lowest BCUT2D eigenvalue weighted by Crippen LogP contribution is -2.58. The topological polar surface area (TPSA) is 162 Å². The van der Waals surface area contributed by atoms with Crippen molar-refractivity contribution < 1.29 is 28.4 Å². The van der Waals surface area contributed by atoms with Crippen LogP contribution in [0.1, 0.15) is 66.9 Å². The molecule has 5 heterocycles. The number of aromatic nitrogens is 2. The highest BCUT2D eigenvalue weighted by Gasteiger charge is 2.42. The third kappa shape index (κ3) is 9.05. The van der Waals surface area contributed by atoms with Gasteiger partial charge in [-0.15, -0.1) is 0 Å². The molecule has 64 heavy (non-hydrogen) atoms. The molecule has 3 aromatic carbocycles. The average Bonchev–Trinajstić information content (AvgIpc) is 3.61. The largest absolute Gasteiger partial charge is 0.494 e. The van der Waals surface area contributed by atoms with Crippen LogP contribution in [0.2, 0.25) is 5.02 Å². The Morgan fingerprint density at radius 3 is 2.31 bits per heavy atom. The number of rotatable bonds is 13. The summed E-state index contributed by atoms with van der Waals surface area (Å²) in [6.07, 6.45) is 7.15. The number of aryl methyl sites for hydroxylation is 1. The number of halogens is 1. The number of amides is 3. The summed E-state index contributed by atoms with van der Waals surface area (Å²) in [4.78, 5) is 56.1. The van der Waals surface area contributed by atoms with E-state index in [4.69, 9.17) is 26.1 Å². The molecule has 0 unspecified atom stereocenters. The van der Waals surface area contributed by atoms with Gasteiger partial charge >= 0.3 is 0 Å². The van der Waals surface area contributed by atoms with E-state index in [1.807, 2.05) is 36.4 Å². The Hall–Kier alpha value is -5.21. The van der Waals surface area contributed by atoms with E-state index in [-0.39, 0.29) is 24.3 Å². The molecule has 3 N–H and O–H groups in total. The molecule has 1 atom stereocenters. The highest BCUT2D eigenvalue weighted by Crippen LogP contribution is 2.41. The van der Waals surface area contributed by atoms with E-state index >= 15 is 0 Å². The van der Waals surface area contributed by atoms with Crippen molar-refractivity contribution in [2.45, 2.75) is 82.6 Å². The molecule has 5 aliphatic rings. The van der Waals surface area contributed by atoms with Crippen molar-refractivity contribution in [2.24, 2.45) is 0 Å². The van der Waals surface area contributed by atoms with Gasteiger partial charge in [-0.3, -0.25) is 29.5 Å². The van der Waals surface area contributed by atoms with Crippen LogP contribution < -0.4 is 35.6 Å². The van der Waals surface area contributed by atoms with Gasteiger partial charge in [0.25, 0.3) is 5.91 Å². The number of piperazine rings is 1. The van der Waals surface area contributed by atoms with Crippen LogP contribution in [0.3, 0.4) is 0 Å². The fourth-order valence-corrected chi connectivity index (χ4v) is 11.3. The molecule has 338 valence electrons. The number of nitrogens with one attached hydrogen (secondary N) is 3. The zero-order valence-corrected chi connectivity index (χ0v) is 38.6. The Bertz CT molecular complexity index is 2480. The van der Waals surface area contributed by atoms with E-state index in [0.29, 0.717) is 58.8 Å². The maximum atomic E-state index is 13.3. The van der Waals surface area contributed by atoms with E-state index < -0.39 is 19.1 Å². The van der Waals surface area contributed by atoms with E-state index in [1.54, 1.807) is 37.6 Å². The predicted molar refractivity (Wildman–Crippen MR) is 250 cm³/mol. The number of carbonyl (C=O) groups excluding carboxylic acids is 3. The van der Waals surface area contributed by atoms with E-state index in [9.17, 15) is 18.9 Å². The molecule has 9 rings (SSSR count). The first-order valence-electron chi connectivity index (χ1n) is 22.4. The van der Waals surface area contributed by atoms with Gasteiger partial charge in [0, 0.05) is 98.8 Å². The van der Waals surface area contributed by atoms with Crippen molar-refractivity contribution >= 4 is 70.6 Å². The van der Waals surface area contributed by atoms with Crippen LogP contribution in [-0.4, -0.2) is 126 Å². The zero-order chi connectivity index (χ0) is 44.7. The van der Waals surface area contributed by atoms with Crippen LogP contribution in [0.25, 0.3) is 0 Å². The van der Waals surface area contributed by atoms with Crippen LogP contribution in [0.15, 0.2) is 60.8 Å². The van der Waals surface area contributed by atoms with Crippen molar-refractivity contribution in [3.8, 4) is 11.5 Å². The van der Waals surface area contributed by atoms with E-state index in [0.717, 1.165) is 93.7 Å². The molecule has 4 fully saturated rings.